The van der Waals surface area contributed by atoms with E-state index in [1.807, 2.05) is 48.5 Å². The van der Waals surface area contributed by atoms with E-state index in [2.05, 4.69) is 27.3 Å². The van der Waals surface area contributed by atoms with Gasteiger partial charge in [0.1, 0.15) is 17.6 Å². The summed E-state index contributed by atoms with van der Waals surface area (Å²) in [4.78, 5) is 17.8. The number of carboxylic acids is 1. The van der Waals surface area contributed by atoms with Gasteiger partial charge < -0.3 is 19.7 Å². The molecule has 2 atom stereocenters. The van der Waals surface area contributed by atoms with Crippen LogP contribution in [0.3, 0.4) is 0 Å². The monoisotopic (exact) mass is 455 g/mol. The molecule has 7 heteroatoms. The van der Waals surface area contributed by atoms with Gasteiger partial charge in [-0.15, -0.1) is 0 Å². The first-order valence-electron chi connectivity index (χ1n) is 10.6. The fraction of sp³-hybridized carbons (Fsp3) is 0.115. The summed E-state index contributed by atoms with van der Waals surface area (Å²) in [5.74, 6) is 0.465. The van der Waals surface area contributed by atoms with E-state index in [-0.39, 0.29) is 17.6 Å². The highest BCUT2D eigenvalue weighted by Gasteiger charge is 2.41. The largest absolute Gasteiger partial charge is 0.478 e. The summed E-state index contributed by atoms with van der Waals surface area (Å²) in [5, 5.41) is 13.2. The van der Waals surface area contributed by atoms with Crippen molar-refractivity contribution in [3.05, 3.63) is 114 Å². The van der Waals surface area contributed by atoms with Crippen LogP contribution in [-0.4, -0.2) is 26.1 Å². The van der Waals surface area contributed by atoms with E-state index in [0.717, 1.165) is 22.6 Å². The number of carbonyl (C=O) groups is 1. The highest BCUT2D eigenvalue weighted by Crippen LogP contribution is 2.41. The van der Waals surface area contributed by atoms with Crippen LogP contribution in [0.1, 0.15) is 39.5 Å². The van der Waals surface area contributed by atoms with Gasteiger partial charge in [-0.1, -0.05) is 48.5 Å². The van der Waals surface area contributed by atoms with E-state index in [0.29, 0.717) is 17.4 Å². The van der Waals surface area contributed by atoms with Crippen LogP contribution >= 0.6 is 12.2 Å². The Kier molecular flexibility index (Phi) is 5.62. The number of aromatic nitrogens is 1. The summed E-state index contributed by atoms with van der Waals surface area (Å²) in [6, 6.07) is 26.1. The predicted molar refractivity (Wildman–Crippen MR) is 129 cm³/mol. The van der Waals surface area contributed by atoms with Gasteiger partial charge in [0.15, 0.2) is 5.11 Å². The Labute approximate surface area is 196 Å². The van der Waals surface area contributed by atoms with Crippen molar-refractivity contribution in [3.63, 3.8) is 0 Å². The summed E-state index contributed by atoms with van der Waals surface area (Å²) in [5.41, 5.74) is 3.07. The molecule has 1 fully saturated rings. The minimum atomic E-state index is -0.956. The first kappa shape index (κ1) is 20.9. The van der Waals surface area contributed by atoms with Crippen molar-refractivity contribution in [1.82, 2.24) is 15.2 Å². The molecule has 164 valence electrons. The molecule has 0 spiro atoms. The molecule has 5 rings (SSSR count). The maximum Gasteiger partial charge on any atom is 0.335 e. The van der Waals surface area contributed by atoms with Crippen LogP contribution in [-0.2, 0) is 6.54 Å². The van der Waals surface area contributed by atoms with Crippen molar-refractivity contribution in [3.8, 4) is 11.3 Å². The van der Waals surface area contributed by atoms with Crippen molar-refractivity contribution in [1.29, 1.82) is 0 Å². The summed E-state index contributed by atoms with van der Waals surface area (Å²) in [6.07, 6.45) is 1.77. The first-order chi connectivity index (χ1) is 16.1. The first-order valence-corrected chi connectivity index (χ1v) is 11.0. The van der Waals surface area contributed by atoms with Crippen LogP contribution in [0, 0.1) is 0 Å². The molecule has 33 heavy (non-hydrogen) atoms. The lowest BCUT2D eigenvalue weighted by molar-refractivity contribution is 0.0697. The molecule has 2 N–H and O–H groups in total. The van der Waals surface area contributed by atoms with Gasteiger partial charge >= 0.3 is 5.97 Å². The van der Waals surface area contributed by atoms with E-state index >= 15 is 0 Å². The molecular weight excluding hydrogens is 434 g/mol. The number of hydrogen-bond acceptors (Lipinski definition) is 4. The fourth-order valence-electron chi connectivity index (χ4n) is 4.11. The van der Waals surface area contributed by atoms with E-state index in [1.54, 1.807) is 30.5 Å². The lowest BCUT2D eigenvalue weighted by Gasteiger charge is -2.26. The molecule has 6 nitrogen and oxygen atoms in total. The highest BCUT2D eigenvalue weighted by molar-refractivity contribution is 7.80. The number of carboxylic acid groups (broad SMARTS) is 1. The second kappa shape index (κ2) is 8.88. The Morgan fingerprint density at radius 1 is 1.00 bits per heavy atom. The number of benzene rings is 2. The summed E-state index contributed by atoms with van der Waals surface area (Å²) in [6.45, 7) is 0.629. The van der Waals surface area contributed by atoms with Crippen molar-refractivity contribution >= 4 is 23.3 Å². The van der Waals surface area contributed by atoms with E-state index in [4.69, 9.17) is 21.7 Å². The second-order valence-electron chi connectivity index (χ2n) is 7.82. The average molecular weight is 456 g/mol. The van der Waals surface area contributed by atoms with Crippen molar-refractivity contribution < 1.29 is 14.3 Å². The predicted octanol–water partition coefficient (Wildman–Crippen LogP) is 5.21. The number of hydrogen-bond donors (Lipinski definition) is 2. The van der Waals surface area contributed by atoms with Gasteiger partial charge in [0.2, 0.25) is 0 Å². The molecule has 3 heterocycles. The summed E-state index contributed by atoms with van der Waals surface area (Å²) in [7, 11) is 0. The van der Waals surface area contributed by atoms with Gasteiger partial charge in [-0.3, -0.25) is 4.98 Å². The number of aromatic carboxylic acids is 1. The minimum Gasteiger partial charge on any atom is -0.478 e. The van der Waals surface area contributed by atoms with Crippen LogP contribution in [0.15, 0.2) is 95.5 Å². The number of nitrogens with zero attached hydrogens (tertiary/aromatic N) is 2. The van der Waals surface area contributed by atoms with Gasteiger partial charge in [-0.25, -0.2) is 4.79 Å². The quantitative estimate of drug-likeness (QED) is 0.386. The number of nitrogens with one attached hydrogen (secondary N) is 1. The molecule has 1 aliphatic rings. The third-order valence-electron chi connectivity index (χ3n) is 5.73. The third-order valence-corrected chi connectivity index (χ3v) is 6.08. The van der Waals surface area contributed by atoms with E-state index in [1.165, 1.54) is 0 Å². The van der Waals surface area contributed by atoms with Gasteiger partial charge in [-0.2, -0.15) is 0 Å². The van der Waals surface area contributed by atoms with Gasteiger partial charge in [0.05, 0.1) is 17.3 Å². The van der Waals surface area contributed by atoms with Gasteiger partial charge in [0, 0.05) is 18.3 Å². The zero-order chi connectivity index (χ0) is 22.8. The molecule has 1 saturated heterocycles. The van der Waals surface area contributed by atoms with Crippen molar-refractivity contribution in [2.45, 2.75) is 18.6 Å². The Balaban J connectivity index is 1.51. The Morgan fingerprint density at radius 3 is 2.45 bits per heavy atom. The van der Waals surface area contributed by atoms with Crippen LogP contribution in [0.25, 0.3) is 11.3 Å². The van der Waals surface area contributed by atoms with Crippen LogP contribution in [0.4, 0.5) is 0 Å². The van der Waals surface area contributed by atoms with Crippen LogP contribution in [0.5, 0.6) is 0 Å². The van der Waals surface area contributed by atoms with Gasteiger partial charge in [0.25, 0.3) is 0 Å². The van der Waals surface area contributed by atoms with Crippen molar-refractivity contribution in [2.24, 2.45) is 0 Å². The van der Waals surface area contributed by atoms with Crippen LogP contribution < -0.4 is 5.32 Å². The minimum absolute atomic E-state index is 0.171. The molecule has 1 aliphatic heterocycles. The molecule has 0 radical (unpaired) electrons. The number of rotatable bonds is 6. The molecule has 2 unspecified atom stereocenters. The standard InChI is InChI=1S/C26H21N3O3S/c30-25(31)19-11-9-18(10-12-19)21-13-14-22(32-21)24-23(20-8-4-5-15-27-20)28-26(33)29(24)16-17-6-2-1-3-7-17/h1-15,23-24H,16H2,(H,28,33)(H,30,31). The van der Waals surface area contributed by atoms with Crippen molar-refractivity contribution in [2.75, 3.05) is 0 Å². The van der Waals surface area contributed by atoms with Crippen LogP contribution in [0.2, 0.25) is 0 Å². The zero-order valence-corrected chi connectivity index (χ0v) is 18.4. The number of furan rings is 1. The normalized spacial score (nSPS) is 17.7. The topological polar surface area (TPSA) is 78.6 Å². The maximum atomic E-state index is 11.2. The summed E-state index contributed by atoms with van der Waals surface area (Å²) < 4.78 is 6.31. The molecule has 0 saturated carbocycles. The summed E-state index contributed by atoms with van der Waals surface area (Å²) >= 11 is 5.72. The molecule has 0 amide bonds. The van der Waals surface area contributed by atoms with E-state index < -0.39 is 5.97 Å². The molecule has 2 aromatic heterocycles. The molecule has 4 aromatic rings. The lowest BCUT2D eigenvalue weighted by atomic mass is 10.0. The Bertz CT molecular complexity index is 1270. The highest BCUT2D eigenvalue weighted by atomic mass is 32.1. The molecular formula is C26H21N3O3S. The molecule has 0 bridgehead atoms. The fourth-order valence-corrected chi connectivity index (χ4v) is 4.41. The average Bonchev–Trinajstić information content (AvgIpc) is 3.45. The lowest BCUT2D eigenvalue weighted by Crippen LogP contribution is -2.29. The molecule has 0 aliphatic carbocycles. The Hall–Kier alpha value is -3.97. The number of pyridine rings is 1. The SMILES string of the molecule is O=C(O)c1ccc(-c2ccc(C3C(c4ccccn4)NC(=S)N3Cc3ccccc3)o2)cc1. The Morgan fingerprint density at radius 2 is 1.76 bits per heavy atom. The number of thiocarbonyl (C=S) groups is 1. The van der Waals surface area contributed by atoms with E-state index in [9.17, 15) is 4.79 Å². The third kappa shape index (κ3) is 4.23. The smallest absolute Gasteiger partial charge is 0.335 e. The maximum absolute atomic E-state index is 11.2. The molecule has 2 aromatic carbocycles. The van der Waals surface area contributed by atoms with Gasteiger partial charge in [-0.05, 0) is 54.2 Å². The second-order valence-corrected chi connectivity index (χ2v) is 8.21. The zero-order valence-electron chi connectivity index (χ0n) is 17.6.